The van der Waals surface area contributed by atoms with Gasteiger partial charge in [-0.15, -0.1) is 0 Å². The summed E-state index contributed by atoms with van der Waals surface area (Å²) < 4.78 is 0. The third kappa shape index (κ3) is 2.72. The molecule has 0 N–H and O–H groups in total. The van der Waals surface area contributed by atoms with Crippen LogP contribution < -0.4 is 0 Å². The third-order valence-electron chi connectivity index (χ3n) is 7.39. The molecule has 0 spiro atoms. The van der Waals surface area contributed by atoms with Gasteiger partial charge in [0.05, 0.1) is 6.07 Å². The highest BCUT2D eigenvalue weighted by atomic mass is 15.2. The molecule has 2 bridgehead atoms. The minimum absolute atomic E-state index is 0.518. The first kappa shape index (κ1) is 17.0. The first-order chi connectivity index (χ1) is 13.3. The molecular formula is C25H28N2. The zero-order chi connectivity index (χ0) is 18.3. The van der Waals surface area contributed by atoms with E-state index in [1.54, 1.807) is 0 Å². The van der Waals surface area contributed by atoms with Crippen molar-refractivity contribution >= 4 is 0 Å². The van der Waals surface area contributed by atoms with Crippen molar-refractivity contribution < 1.29 is 0 Å². The SMILES string of the molecule is N#CC1(CCN2C3CCC2CC3)c2ccccc2CCCc2ccccc21. The van der Waals surface area contributed by atoms with Gasteiger partial charge in [0, 0.05) is 18.6 Å². The van der Waals surface area contributed by atoms with Crippen LogP contribution in [-0.2, 0) is 18.3 Å². The predicted octanol–water partition coefficient (Wildman–Crippen LogP) is 5.00. The zero-order valence-electron chi connectivity index (χ0n) is 16.0. The van der Waals surface area contributed by atoms with Gasteiger partial charge in [-0.25, -0.2) is 0 Å². The minimum atomic E-state index is -0.518. The Hall–Kier alpha value is -2.11. The number of benzene rings is 2. The van der Waals surface area contributed by atoms with Gasteiger partial charge < -0.3 is 0 Å². The third-order valence-corrected chi connectivity index (χ3v) is 7.39. The van der Waals surface area contributed by atoms with Gasteiger partial charge in [0.25, 0.3) is 0 Å². The molecule has 2 nitrogen and oxygen atoms in total. The van der Waals surface area contributed by atoms with Crippen LogP contribution in [0.4, 0.5) is 0 Å². The summed E-state index contributed by atoms with van der Waals surface area (Å²) in [6, 6.07) is 21.8. The molecule has 0 atom stereocenters. The number of aryl methyl sites for hydroxylation is 2. The molecule has 1 aliphatic carbocycles. The Labute approximate surface area is 162 Å². The highest BCUT2D eigenvalue weighted by molar-refractivity contribution is 5.53. The minimum Gasteiger partial charge on any atom is -0.297 e. The van der Waals surface area contributed by atoms with Crippen LogP contribution in [0.3, 0.4) is 0 Å². The number of fused-ring (bicyclic) bond motifs is 4. The van der Waals surface area contributed by atoms with E-state index >= 15 is 0 Å². The summed E-state index contributed by atoms with van der Waals surface area (Å²) >= 11 is 0. The van der Waals surface area contributed by atoms with E-state index in [0.717, 1.165) is 44.3 Å². The molecule has 27 heavy (non-hydrogen) atoms. The van der Waals surface area contributed by atoms with Crippen LogP contribution in [0, 0.1) is 11.3 Å². The fourth-order valence-electron chi connectivity index (χ4n) is 6.05. The zero-order valence-corrected chi connectivity index (χ0v) is 16.0. The summed E-state index contributed by atoms with van der Waals surface area (Å²) in [5, 5.41) is 10.6. The summed E-state index contributed by atoms with van der Waals surface area (Å²) in [6.07, 6.45) is 9.64. The summed E-state index contributed by atoms with van der Waals surface area (Å²) in [4.78, 5) is 2.73. The standard InChI is InChI=1S/C25H28N2/c26-18-25(16-17-27-21-12-13-22(27)15-14-21)23-10-3-1-6-19(23)8-5-9-20-7-2-4-11-24(20)25/h1-4,6-7,10-11,21-22H,5,8-9,12-17H2. The molecule has 2 saturated heterocycles. The first-order valence-corrected chi connectivity index (χ1v) is 10.7. The van der Waals surface area contributed by atoms with Crippen LogP contribution in [0.5, 0.6) is 0 Å². The van der Waals surface area contributed by atoms with Gasteiger partial charge >= 0.3 is 0 Å². The molecule has 2 aromatic carbocycles. The van der Waals surface area contributed by atoms with Crippen LogP contribution in [0.2, 0.25) is 0 Å². The number of hydrogen-bond acceptors (Lipinski definition) is 2. The van der Waals surface area contributed by atoms with Crippen molar-refractivity contribution in [2.75, 3.05) is 6.54 Å². The van der Waals surface area contributed by atoms with Crippen molar-refractivity contribution in [3.8, 4) is 6.07 Å². The van der Waals surface area contributed by atoms with E-state index in [4.69, 9.17) is 0 Å². The summed E-state index contributed by atoms with van der Waals surface area (Å²) in [5.41, 5.74) is 4.74. The molecule has 2 heterocycles. The highest BCUT2D eigenvalue weighted by Crippen LogP contribution is 2.43. The Morgan fingerprint density at radius 3 is 1.89 bits per heavy atom. The van der Waals surface area contributed by atoms with Crippen molar-refractivity contribution in [3.63, 3.8) is 0 Å². The van der Waals surface area contributed by atoms with Crippen LogP contribution in [0.15, 0.2) is 48.5 Å². The maximum absolute atomic E-state index is 10.6. The Bertz CT molecular complexity index is 810. The monoisotopic (exact) mass is 356 g/mol. The fourth-order valence-corrected chi connectivity index (χ4v) is 6.05. The average Bonchev–Trinajstić information content (AvgIpc) is 3.29. The fraction of sp³-hybridized carbons (Fsp3) is 0.480. The van der Waals surface area contributed by atoms with Crippen molar-refractivity contribution in [2.45, 2.75) is 68.9 Å². The molecule has 2 fully saturated rings. The predicted molar refractivity (Wildman–Crippen MR) is 109 cm³/mol. The van der Waals surface area contributed by atoms with Crippen LogP contribution in [-0.4, -0.2) is 23.5 Å². The molecule has 0 aromatic heterocycles. The average molecular weight is 357 g/mol. The van der Waals surface area contributed by atoms with Gasteiger partial charge in [-0.05, 0) is 73.6 Å². The van der Waals surface area contributed by atoms with E-state index < -0.39 is 5.41 Å². The van der Waals surface area contributed by atoms with Gasteiger partial charge in [0.2, 0.25) is 0 Å². The van der Waals surface area contributed by atoms with Crippen molar-refractivity contribution in [1.29, 1.82) is 5.26 Å². The molecule has 0 amide bonds. The second-order valence-electron chi connectivity index (χ2n) is 8.64. The molecule has 0 radical (unpaired) electrons. The van der Waals surface area contributed by atoms with Crippen molar-refractivity contribution in [2.24, 2.45) is 0 Å². The number of nitriles is 1. The smallest absolute Gasteiger partial charge is 0.109 e. The molecule has 2 heteroatoms. The summed E-state index contributed by atoms with van der Waals surface area (Å²) in [6.45, 7) is 1.05. The molecule has 2 aliphatic heterocycles. The Morgan fingerprint density at radius 2 is 1.37 bits per heavy atom. The number of hydrogen-bond donors (Lipinski definition) is 0. The second kappa shape index (κ2) is 6.80. The second-order valence-corrected chi connectivity index (χ2v) is 8.64. The lowest BCUT2D eigenvalue weighted by Crippen LogP contribution is -2.37. The van der Waals surface area contributed by atoms with E-state index in [-0.39, 0.29) is 0 Å². The van der Waals surface area contributed by atoms with Crippen LogP contribution >= 0.6 is 0 Å². The van der Waals surface area contributed by atoms with Gasteiger partial charge in [0.1, 0.15) is 5.41 Å². The van der Waals surface area contributed by atoms with E-state index in [9.17, 15) is 5.26 Å². The highest BCUT2D eigenvalue weighted by Gasteiger charge is 2.43. The maximum Gasteiger partial charge on any atom is 0.109 e. The van der Waals surface area contributed by atoms with E-state index in [2.05, 4.69) is 59.5 Å². The molecule has 0 unspecified atom stereocenters. The molecule has 5 rings (SSSR count). The Kier molecular flexibility index (Phi) is 4.29. The molecule has 3 aliphatic rings. The van der Waals surface area contributed by atoms with E-state index in [0.29, 0.717) is 0 Å². The molecule has 138 valence electrons. The summed E-state index contributed by atoms with van der Waals surface area (Å²) in [5.74, 6) is 0. The van der Waals surface area contributed by atoms with Gasteiger partial charge in [0.15, 0.2) is 0 Å². The van der Waals surface area contributed by atoms with E-state index in [1.165, 1.54) is 47.9 Å². The largest absolute Gasteiger partial charge is 0.297 e. The van der Waals surface area contributed by atoms with E-state index in [1.807, 2.05) is 0 Å². The van der Waals surface area contributed by atoms with Gasteiger partial charge in [-0.2, -0.15) is 5.26 Å². The number of rotatable bonds is 3. The van der Waals surface area contributed by atoms with Gasteiger partial charge in [-0.3, -0.25) is 4.90 Å². The molecule has 0 saturated carbocycles. The quantitative estimate of drug-likeness (QED) is 0.774. The lowest BCUT2D eigenvalue weighted by atomic mass is 9.68. The topological polar surface area (TPSA) is 27.0 Å². The van der Waals surface area contributed by atoms with Crippen molar-refractivity contribution in [3.05, 3.63) is 70.8 Å². The van der Waals surface area contributed by atoms with Gasteiger partial charge in [-0.1, -0.05) is 48.5 Å². The van der Waals surface area contributed by atoms with Crippen molar-refractivity contribution in [1.82, 2.24) is 4.90 Å². The number of nitrogens with zero attached hydrogens (tertiary/aromatic N) is 2. The Balaban J connectivity index is 1.59. The molecular weight excluding hydrogens is 328 g/mol. The Morgan fingerprint density at radius 1 is 0.852 bits per heavy atom. The maximum atomic E-state index is 10.6. The normalized spacial score (nSPS) is 25.9. The summed E-state index contributed by atoms with van der Waals surface area (Å²) in [7, 11) is 0. The van der Waals surface area contributed by atoms with Crippen LogP contribution in [0.1, 0.15) is 60.8 Å². The van der Waals surface area contributed by atoms with Crippen LogP contribution in [0.25, 0.3) is 0 Å². The lowest BCUT2D eigenvalue weighted by Gasteiger charge is -2.35. The molecule has 2 aromatic rings. The first-order valence-electron chi connectivity index (χ1n) is 10.7. The lowest BCUT2D eigenvalue weighted by molar-refractivity contribution is 0.238.